The molecular formula is C57H58N8O6. The molecule has 4 heterocycles. The molecule has 1 spiro atoms. The Labute approximate surface area is 412 Å². The zero-order chi connectivity index (χ0) is 48.6. The van der Waals surface area contributed by atoms with Crippen LogP contribution in [0, 0.1) is 0 Å². The highest BCUT2D eigenvalue weighted by atomic mass is 16.5. The normalized spacial score (nSPS) is 18.9. The molecule has 4 aliphatic rings. The van der Waals surface area contributed by atoms with Crippen LogP contribution in [0.15, 0.2) is 121 Å². The number of alkyl carbamates (subject to hydrolysis) is 2. The van der Waals surface area contributed by atoms with Gasteiger partial charge in [0.2, 0.25) is 0 Å². The number of aromatic amines is 2. The highest BCUT2D eigenvalue weighted by Crippen LogP contribution is 2.55. The molecule has 2 saturated heterocycles. The molecule has 14 nitrogen and oxygen atoms in total. The molecule has 7 aromatic rings. The van der Waals surface area contributed by atoms with Crippen molar-refractivity contribution in [2.24, 2.45) is 0 Å². The lowest BCUT2D eigenvalue weighted by Crippen LogP contribution is -2.42. The topological polar surface area (TPSA) is 175 Å². The number of nitrogens with one attached hydrogen (secondary N) is 4. The minimum atomic E-state index is -0.885. The van der Waals surface area contributed by atoms with Crippen molar-refractivity contribution in [3.05, 3.63) is 155 Å². The highest BCUT2D eigenvalue weighted by Gasteiger charge is 2.44. The zero-order valence-corrected chi connectivity index (χ0v) is 40.1. The highest BCUT2D eigenvalue weighted by molar-refractivity contribution is 5.90. The van der Waals surface area contributed by atoms with E-state index in [4.69, 9.17) is 19.4 Å². The van der Waals surface area contributed by atoms with Crippen LogP contribution in [0.25, 0.3) is 44.5 Å². The van der Waals surface area contributed by atoms with E-state index in [1.807, 2.05) is 76.7 Å². The van der Waals surface area contributed by atoms with Crippen LogP contribution in [0.1, 0.15) is 116 Å². The fourth-order valence-electron chi connectivity index (χ4n) is 12.1. The van der Waals surface area contributed by atoms with E-state index in [-0.39, 0.29) is 29.3 Å². The molecule has 14 heteroatoms. The predicted octanol–water partition coefficient (Wildman–Crippen LogP) is 10.6. The average molecular weight is 951 g/mol. The Morgan fingerprint density at radius 3 is 1.80 bits per heavy atom. The van der Waals surface area contributed by atoms with Crippen LogP contribution in [0.4, 0.5) is 9.59 Å². The summed E-state index contributed by atoms with van der Waals surface area (Å²) < 4.78 is 9.78. The number of benzene rings is 5. The van der Waals surface area contributed by atoms with Gasteiger partial charge in [0.15, 0.2) is 0 Å². The van der Waals surface area contributed by atoms with E-state index in [0.717, 1.165) is 78.0 Å². The van der Waals surface area contributed by atoms with E-state index >= 15 is 0 Å². The van der Waals surface area contributed by atoms with Crippen LogP contribution >= 0.6 is 0 Å². The molecule has 2 aliphatic carbocycles. The van der Waals surface area contributed by atoms with Gasteiger partial charge in [0.05, 0.1) is 49.2 Å². The van der Waals surface area contributed by atoms with Gasteiger partial charge < -0.3 is 39.9 Å². The molecule has 11 rings (SSSR count). The van der Waals surface area contributed by atoms with E-state index in [0.29, 0.717) is 24.2 Å². The summed E-state index contributed by atoms with van der Waals surface area (Å²) >= 11 is 0. The summed E-state index contributed by atoms with van der Waals surface area (Å²) in [6.45, 7) is 1.12. The van der Waals surface area contributed by atoms with Crippen LogP contribution in [-0.4, -0.2) is 81.0 Å². The maximum absolute atomic E-state index is 14.2. The summed E-state index contributed by atoms with van der Waals surface area (Å²) in [7, 11) is 2.59. The Kier molecular flexibility index (Phi) is 12.4. The summed E-state index contributed by atoms with van der Waals surface area (Å²) in [4.78, 5) is 73.8. The number of methoxy groups -OCH3 is 2. The first-order valence-electron chi connectivity index (χ1n) is 24.9. The number of rotatable bonds is 11. The molecule has 4 N–H and O–H groups in total. The van der Waals surface area contributed by atoms with Crippen LogP contribution in [0.3, 0.4) is 0 Å². The van der Waals surface area contributed by atoms with Crippen molar-refractivity contribution in [2.45, 2.75) is 93.8 Å². The summed E-state index contributed by atoms with van der Waals surface area (Å²) in [6, 6.07) is 36.1. The second-order valence-electron chi connectivity index (χ2n) is 19.5. The number of hydrogen-bond donors (Lipinski definition) is 4. The number of carbonyl (C=O) groups is 4. The van der Waals surface area contributed by atoms with Gasteiger partial charge in [0.25, 0.3) is 11.8 Å². The second-order valence-corrected chi connectivity index (χ2v) is 19.5. The van der Waals surface area contributed by atoms with Crippen molar-refractivity contribution in [1.29, 1.82) is 0 Å². The molecule has 2 aromatic heterocycles. The molecule has 71 heavy (non-hydrogen) atoms. The third kappa shape index (κ3) is 8.59. The van der Waals surface area contributed by atoms with E-state index in [1.54, 1.807) is 0 Å². The minimum Gasteiger partial charge on any atom is -0.453 e. The standard InChI is InChI=1S/C57H58N8O6/c1-70-55(68)62-49(37-13-5-3-6-14-37)53(66)64-31-11-17-46(64)51-58-34-45(61-51)36-21-19-35(20-22-36)40-24-25-41(48-42(40)27-30-57(48)28-9-10-29-57)39-23-26-43-44(33-39)60-52(59-43)47-18-12-32-65(47)54(67)50(63-56(69)71-2)38-15-7-4-8-16-38/h3-8,13-16,19-26,33-34,46-47,49-50H,9-12,17-18,27-32H2,1-2H3,(H,58,61)(H,59,60)(H,62,68)(H,63,69)/t46-,47-,49-,50-/m0/s1. The Morgan fingerprint density at radius 1 is 0.634 bits per heavy atom. The van der Waals surface area contributed by atoms with Gasteiger partial charge in [-0.15, -0.1) is 0 Å². The second kappa shape index (κ2) is 19.2. The molecule has 1 saturated carbocycles. The SMILES string of the molecule is COC(=O)N[C@H](C(=O)N1CCC[C@H]1c1ncc(-c2ccc(-c3ccc(-c4ccc5nc([C@@H]6CCCN6C(=O)[C@@H](NC(=O)OC)c6ccccc6)[nH]c5c4)c4c3CCC43CCCC3)cc2)[nH]1)c1ccccc1. The number of aromatic nitrogens is 4. The summed E-state index contributed by atoms with van der Waals surface area (Å²) in [5.41, 5.74) is 13.0. The maximum atomic E-state index is 14.2. The fraction of sp³-hybridized carbons (Fsp3) is 0.333. The number of amides is 4. The fourth-order valence-corrected chi connectivity index (χ4v) is 12.1. The first-order valence-corrected chi connectivity index (χ1v) is 24.9. The van der Waals surface area contributed by atoms with Crippen LogP contribution in [-0.2, 0) is 30.9 Å². The van der Waals surface area contributed by atoms with Crippen molar-refractivity contribution in [3.63, 3.8) is 0 Å². The van der Waals surface area contributed by atoms with E-state index in [1.165, 1.54) is 67.7 Å². The van der Waals surface area contributed by atoms with Crippen molar-refractivity contribution in [3.8, 4) is 33.5 Å². The molecular weight excluding hydrogens is 893 g/mol. The number of hydrogen-bond acceptors (Lipinski definition) is 8. The molecule has 3 fully saturated rings. The molecule has 362 valence electrons. The number of imidazole rings is 2. The van der Waals surface area contributed by atoms with Crippen molar-refractivity contribution < 1.29 is 28.7 Å². The number of nitrogens with zero attached hydrogens (tertiary/aromatic N) is 4. The van der Waals surface area contributed by atoms with Gasteiger partial charge in [-0.05, 0) is 119 Å². The van der Waals surface area contributed by atoms with Crippen molar-refractivity contribution in [2.75, 3.05) is 27.3 Å². The summed E-state index contributed by atoms with van der Waals surface area (Å²) in [5, 5.41) is 5.51. The number of likely N-dealkylation sites (tertiary alicyclic amines) is 2. The number of fused-ring (bicyclic) bond motifs is 3. The van der Waals surface area contributed by atoms with Crippen molar-refractivity contribution >= 4 is 35.0 Å². The Morgan fingerprint density at radius 2 is 1.20 bits per heavy atom. The van der Waals surface area contributed by atoms with Gasteiger partial charge in [0.1, 0.15) is 23.7 Å². The Balaban J connectivity index is 0.850. The van der Waals surface area contributed by atoms with Gasteiger partial charge in [-0.3, -0.25) is 9.59 Å². The van der Waals surface area contributed by atoms with Crippen LogP contribution in [0.2, 0.25) is 0 Å². The number of ether oxygens (including phenoxy) is 2. The van der Waals surface area contributed by atoms with Gasteiger partial charge >= 0.3 is 12.2 Å². The largest absolute Gasteiger partial charge is 0.453 e. The van der Waals surface area contributed by atoms with Gasteiger partial charge in [0, 0.05) is 13.1 Å². The van der Waals surface area contributed by atoms with Crippen LogP contribution < -0.4 is 10.6 Å². The maximum Gasteiger partial charge on any atom is 0.407 e. The number of H-pyrrole nitrogens is 2. The average Bonchev–Trinajstić information content (AvgIpc) is 4.29. The summed E-state index contributed by atoms with van der Waals surface area (Å²) in [5.74, 6) is 1.07. The third-order valence-corrected chi connectivity index (χ3v) is 15.5. The summed E-state index contributed by atoms with van der Waals surface area (Å²) in [6.07, 6.45) is 10.7. The lowest BCUT2D eigenvalue weighted by atomic mass is 9.76. The molecule has 4 atom stereocenters. The first-order chi connectivity index (χ1) is 34.7. The number of carbonyl (C=O) groups excluding carboxylic acids is 4. The third-order valence-electron chi connectivity index (χ3n) is 15.5. The van der Waals surface area contributed by atoms with Gasteiger partial charge in [-0.2, -0.15) is 0 Å². The first kappa shape index (κ1) is 45.7. The molecule has 0 radical (unpaired) electrons. The van der Waals surface area contributed by atoms with Crippen molar-refractivity contribution in [1.82, 2.24) is 40.4 Å². The Bertz CT molecular complexity index is 3110. The molecule has 0 unspecified atom stereocenters. The lowest BCUT2D eigenvalue weighted by molar-refractivity contribution is -0.135. The quantitative estimate of drug-likeness (QED) is 0.0991. The lowest BCUT2D eigenvalue weighted by Gasteiger charge is -2.28. The smallest absolute Gasteiger partial charge is 0.407 e. The molecule has 0 bridgehead atoms. The predicted molar refractivity (Wildman–Crippen MR) is 270 cm³/mol. The van der Waals surface area contributed by atoms with Gasteiger partial charge in [-0.25, -0.2) is 19.6 Å². The van der Waals surface area contributed by atoms with Crippen LogP contribution in [0.5, 0.6) is 0 Å². The monoisotopic (exact) mass is 950 g/mol. The van der Waals surface area contributed by atoms with E-state index < -0.39 is 24.3 Å². The van der Waals surface area contributed by atoms with E-state index in [9.17, 15) is 19.2 Å². The minimum absolute atomic E-state index is 0.144. The molecule has 5 aromatic carbocycles. The molecule has 4 amide bonds. The Hall–Kier alpha value is -7.74. The zero-order valence-electron chi connectivity index (χ0n) is 40.1. The molecule has 2 aliphatic heterocycles. The van der Waals surface area contributed by atoms with E-state index in [2.05, 4.69) is 75.2 Å². The van der Waals surface area contributed by atoms with Gasteiger partial charge in [-0.1, -0.05) is 116 Å².